The van der Waals surface area contributed by atoms with Crippen molar-refractivity contribution in [3.8, 4) is 5.75 Å². The van der Waals surface area contributed by atoms with Gasteiger partial charge in [0.25, 0.3) is 0 Å². The van der Waals surface area contributed by atoms with Crippen molar-refractivity contribution in [2.24, 2.45) is 0 Å². The molecule has 3 nitrogen and oxygen atoms in total. The highest BCUT2D eigenvalue weighted by Gasteiger charge is 2.21. The Morgan fingerprint density at radius 2 is 2.20 bits per heavy atom. The number of carbonyl (C=O) groups excluding carboxylic acids is 1. The summed E-state index contributed by atoms with van der Waals surface area (Å²) in [4.78, 5) is 14.2. The number of carbonyl (C=O) groups is 1. The van der Waals surface area contributed by atoms with Crippen LogP contribution in [-0.2, 0) is 4.79 Å². The monoisotopic (exact) mass is 273 g/mol. The summed E-state index contributed by atoms with van der Waals surface area (Å²) in [6.45, 7) is 5.03. The summed E-state index contributed by atoms with van der Waals surface area (Å²) in [6.07, 6.45) is 6.96. The van der Waals surface area contributed by atoms with Crippen molar-refractivity contribution >= 4 is 12.0 Å². The van der Waals surface area contributed by atoms with Crippen molar-refractivity contribution in [2.45, 2.75) is 39.2 Å². The van der Waals surface area contributed by atoms with Gasteiger partial charge < -0.3 is 9.64 Å². The quantitative estimate of drug-likeness (QED) is 0.790. The van der Waals surface area contributed by atoms with Crippen molar-refractivity contribution < 1.29 is 9.53 Å². The molecule has 1 fully saturated rings. The summed E-state index contributed by atoms with van der Waals surface area (Å²) in [6, 6.07) is 6.32. The van der Waals surface area contributed by atoms with Gasteiger partial charge >= 0.3 is 0 Å². The van der Waals surface area contributed by atoms with E-state index in [1.807, 2.05) is 36.1 Å². The molecule has 1 aliphatic heterocycles. The maximum Gasteiger partial charge on any atom is 0.246 e. The zero-order valence-electron chi connectivity index (χ0n) is 12.6. The summed E-state index contributed by atoms with van der Waals surface area (Å²) in [5.74, 6) is 0.895. The minimum Gasteiger partial charge on any atom is -0.496 e. The molecule has 108 valence electrons. The van der Waals surface area contributed by atoms with Crippen LogP contribution in [0.4, 0.5) is 0 Å². The van der Waals surface area contributed by atoms with Crippen LogP contribution in [0, 0.1) is 6.92 Å². The molecule has 1 aromatic rings. The van der Waals surface area contributed by atoms with E-state index in [1.165, 1.54) is 6.42 Å². The van der Waals surface area contributed by atoms with Crippen LogP contribution in [0.25, 0.3) is 6.08 Å². The average Bonchev–Trinajstić information content (AvgIpc) is 2.45. The maximum atomic E-state index is 12.3. The fourth-order valence-corrected chi connectivity index (χ4v) is 2.67. The van der Waals surface area contributed by atoms with Gasteiger partial charge in [-0.15, -0.1) is 0 Å². The molecular weight excluding hydrogens is 250 g/mol. The van der Waals surface area contributed by atoms with Gasteiger partial charge in [0.05, 0.1) is 7.11 Å². The van der Waals surface area contributed by atoms with Gasteiger partial charge in [-0.25, -0.2) is 0 Å². The molecule has 20 heavy (non-hydrogen) atoms. The number of aryl methyl sites for hydroxylation is 1. The second kappa shape index (κ2) is 6.60. The van der Waals surface area contributed by atoms with Crippen LogP contribution in [0.1, 0.15) is 37.3 Å². The summed E-state index contributed by atoms with van der Waals surface area (Å²) in [7, 11) is 1.65. The lowest BCUT2D eigenvalue weighted by Gasteiger charge is -2.32. The second-order valence-electron chi connectivity index (χ2n) is 5.46. The Balaban J connectivity index is 2.12. The van der Waals surface area contributed by atoms with E-state index >= 15 is 0 Å². The molecule has 3 heteroatoms. The SMILES string of the molecule is COc1ccc(C)cc1/C=C/C(=O)N1CCCCC1C. The van der Waals surface area contributed by atoms with Crippen LogP contribution in [0.15, 0.2) is 24.3 Å². The average molecular weight is 273 g/mol. The topological polar surface area (TPSA) is 29.5 Å². The van der Waals surface area contributed by atoms with Gasteiger partial charge in [0.15, 0.2) is 0 Å². The van der Waals surface area contributed by atoms with Crippen molar-refractivity contribution in [1.82, 2.24) is 4.90 Å². The molecule has 1 atom stereocenters. The van der Waals surface area contributed by atoms with Gasteiger partial charge in [0, 0.05) is 24.2 Å². The first kappa shape index (κ1) is 14.6. The molecule has 1 aromatic carbocycles. The molecule has 0 N–H and O–H groups in total. The lowest BCUT2D eigenvalue weighted by molar-refractivity contribution is -0.129. The summed E-state index contributed by atoms with van der Waals surface area (Å²) >= 11 is 0. The zero-order valence-corrected chi connectivity index (χ0v) is 12.6. The molecule has 0 aromatic heterocycles. The van der Waals surface area contributed by atoms with Crippen LogP contribution in [0.3, 0.4) is 0 Å². The predicted octanol–water partition coefficient (Wildman–Crippen LogP) is 3.42. The Labute approximate surface area is 121 Å². The molecule has 0 bridgehead atoms. The van der Waals surface area contributed by atoms with Crippen LogP contribution in [0.2, 0.25) is 0 Å². The molecular formula is C17H23NO2. The molecule has 1 aliphatic rings. The first-order chi connectivity index (χ1) is 9.61. The van der Waals surface area contributed by atoms with E-state index in [0.717, 1.165) is 36.3 Å². The van der Waals surface area contributed by atoms with Gasteiger partial charge in [0.2, 0.25) is 5.91 Å². The van der Waals surface area contributed by atoms with E-state index in [2.05, 4.69) is 6.92 Å². The minimum absolute atomic E-state index is 0.0979. The number of benzene rings is 1. The largest absolute Gasteiger partial charge is 0.496 e. The molecule has 0 radical (unpaired) electrons. The Hall–Kier alpha value is -1.77. The zero-order chi connectivity index (χ0) is 14.5. The van der Waals surface area contributed by atoms with Crippen LogP contribution < -0.4 is 4.74 Å². The van der Waals surface area contributed by atoms with Gasteiger partial charge in [-0.2, -0.15) is 0 Å². The predicted molar refractivity (Wildman–Crippen MR) is 81.8 cm³/mol. The van der Waals surface area contributed by atoms with Crippen molar-refractivity contribution in [2.75, 3.05) is 13.7 Å². The van der Waals surface area contributed by atoms with Crippen molar-refractivity contribution in [3.05, 3.63) is 35.4 Å². The number of ether oxygens (including phenoxy) is 1. The van der Waals surface area contributed by atoms with Gasteiger partial charge in [-0.3, -0.25) is 4.79 Å². The number of nitrogens with zero attached hydrogens (tertiary/aromatic N) is 1. The van der Waals surface area contributed by atoms with Gasteiger partial charge in [0.1, 0.15) is 5.75 Å². The van der Waals surface area contributed by atoms with Crippen molar-refractivity contribution in [1.29, 1.82) is 0 Å². The van der Waals surface area contributed by atoms with Crippen molar-refractivity contribution in [3.63, 3.8) is 0 Å². The summed E-state index contributed by atoms with van der Waals surface area (Å²) < 4.78 is 5.32. The van der Waals surface area contributed by atoms with E-state index in [9.17, 15) is 4.79 Å². The van der Waals surface area contributed by atoms with Crippen LogP contribution in [-0.4, -0.2) is 30.5 Å². The Kier molecular flexibility index (Phi) is 4.83. The second-order valence-corrected chi connectivity index (χ2v) is 5.46. The van der Waals surface area contributed by atoms with E-state index in [-0.39, 0.29) is 5.91 Å². The molecule has 0 saturated carbocycles. The van der Waals surface area contributed by atoms with Gasteiger partial charge in [-0.1, -0.05) is 11.6 Å². The summed E-state index contributed by atoms with van der Waals surface area (Å²) in [5.41, 5.74) is 2.11. The fraction of sp³-hybridized carbons (Fsp3) is 0.471. The number of amides is 1. The normalized spacial score (nSPS) is 19.4. The number of rotatable bonds is 3. The first-order valence-corrected chi connectivity index (χ1v) is 7.25. The standard InChI is InChI=1S/C17H23NO2/c1-13-7-9-16(20-3)15(12-13)8-10-17(19)18-11-5-4-6-14(18)2/h7-10,12,14H,4-6,11H2,1-3H3/b10-8+. The van der Waals surface area contributed by atoms with E-state index in [1.54, 1.807) is 13.2 Å². The van der Waals surface area contributed by atoms with E-state index in [0.29, 0.717) is 6.04 Å². The first-order valence-electron chi connectivity index (χ1n) is 7.25. The lowest BCUT2D eigenvalue weighted by Crippen LogP contribution is -2.41. The number of hydrogen-bond donors (Lipinski definition) is 0. The van der Waals surface area contributed by atoms with Crippen LogP contribution in [0.5, 0.6) is 5.75 Å². The number of likely N-dealkylation sites (tertiary alicyclic amines) is 1. The number of piperidine rings is 1. The highest BCUT2D eigenvalue weighted by atomic mass is 16.5. The Morgan fingerprint density at radius 3 is 2.90 bits per heavy atom. The molecule has 0 spiro atoms. The maximum absolute atomic E-state index is 12.3. The Morgan fingerprint density at radius 1 is 1.40 bits per heavy atom. The molecule has 0 aliphatic carbocycles. The minimum atomic E-state index is 0.0979. The highest BCUT2D eigenvalue weighted by Crippen LogP contribution is 2.22. The molecule has 2 rings (SSSR count). The fourth-order valence-electron chi connectivity index (χ4n) is 2.67. The number of hydrogen-bond acceptors (Lipinski definition) is 2. The Bertz CT molecular complexity index is 508. The van der Waals surface area contributed by atoms with E-state index in [4.69, 9.17) is 4.74 Å². The third kappa shape index (κ3) is 3.41. The molecule has 1 heterocycles. The molecule has 1 unspecified atom stereocenters. The molecule has 1 amide bonds. The number of methoxy groups -OCH3 is 1. The highest BCUT2D eigenvalue weighted by molar-refractivity contribution is 5.92. The van der Waals surface area contributed by atoms with E-state index < -0.39 is 0 Å². The third-order valence-electron chi connectivity index (χ3n) is 3.88. The van der Waals surface area contributed by atoms with Gasteiger partial charge in [-0.05, 0) is 51.3 Å². The summed E-state index contributed by atoms with van der Waals surface area (Å²) in [5, 5.41) is 0. The smallest absolute Gasteiger partial charge is 0.246 e. The van der Waals surface area contributed by atoms with Crippen LogP contribution >= 0.6 is 0 Å². The lowest BCUT2D eigenvalue weighted by atomic mass is 10.0. The molecule has 1 saturated heterocycles. The third-order valence-corrected chi connectivity index (χ3v) is 3.88.